The molecule has 0 saturated carbocycles. The number of hydrogen-bond donors (Lipinski definition) is 5. The molecule has 0 amide bonds. The number of hydrogen-bond acceptors (Lipinski definition) is 11. The van der Waals surface area contributed by atoms with Crippen LogP contribution in [0.1, 0.15) is 73.6 Å². The zero-order chi connectivity index (χ0) is 28.6. The van der Waals surface area contributed by atoms with Crippen LogP contribution in [0.5, 0.6) is 0 Å². The van der Waals surface area contributed by atoms with E-state index in [4.69, 9.17) is 43.1 Å². The number of aliphatic hydroxyl groups is 3. The molecule has 0 bridgehead atoms. The van der Waals surface area contributed by atoms with Gasteiger partial charge in [-0.1, -0.05) is 0 Å². The van der Waals surface area contributed by atoms with Gasteiger partial charge in [0.05, 0.1) is 5.60 Å². The quantitative estimate of drug-likeness (QED) is 0.107. The third-order valence-corrected chi connectivity index (χ3v) is 11.8. The van der Waals surface area contributed by atoms with Crippen molar-refractivity contribution in [1.29, 1.82) is 0 Å². The molecule has 0 aromatic heterocycles. The van der Waals surface area contributed by atoms with E-state index in [0.717, 1.165) is 18.9 Å². The van der Waals surface area contributed by atoms with E-state index in [-0.39, 0.29) is 25.9 Å². The highest BCUT2D eigenvalue weighted by Crippen LogP contribution is 2.29. The Morgan fingerprint density at radius 2 is 1.11 bits per heavy atom. The molecule has 0 aliphatic rings. The molecule has 1 atom stereocenters. The minimum absolute atomic E-state index is 0.00385. The van der Waals surface area contributed by atoms with Crippen molar-refractivity contribution in [2.75, 3.05) is 59.3 Å². The van der Waals surface area contributed by atoms with Gasteiger partial charge < -0.3 is 53.3 Å². The lowest BCUT2D eigenvalue weighted by molar-refractivity contribution is -0.0429. The van der Waals surface area contributed by atoms with Crippen LogP contribution in [0.25, 0.3) is 0 Å². The van der Waals surface area contributed by atoms with Crippen LogP contribution in [0.3, 0.4) is 0 Å². The first-order valence-electron chi connectivity index (χ1n) is 13.8. The lowest BCUT2D eigenvalue weighted by Gasteiger charge is -2.39. The Hall–Kier alpha value is -0.00623. The van der Waals surface area contributed by atoms with Gasteiger partial charge in [0.1, 0.15) is 0 Å². The van der Waals surface area contributed by atoms with Gasteiger partial charge in [0.15, 0.2) is 0 Å². The highest BCUT2D eigenvalue weighted by Gasteiger charge is 2.46. The van der Waals surface area contributed by atoms with Gasteiger partial charge in [-0.15, -0.1) is 0 Å². The summed E-state index contributed by atoms with van der Waals surface area (Å²) in [7, 11) is -5.44. The van der Waals surface area contributed by atoms with E-state index in [9.17, 15) is 10.2 Å². The zero-order valence-electron chi connectivity index (χ0n) is 24.3. The van der Waals surface area contributed by atoms with Crippen LogP contribution in [0.15, 0.2) is 0 Å². The second kappa shape index (κ2) is 23.8. The molecular weight excluding hydrogens is 516 g/mol. The van der Waals surface area contributed by atoms with E-state index < -0.39 is 23.2 Å². The standard InChI is InChI=1S/C13H31NO5Si.C11H27NO4Si/c1-4-17-20(18-5-2,12-6-9-14)19-13(3,7-10-15)8-11-16;1-4-14-17(15-5-2,10-6-8-12)16-11(3)7-9-13/h15-16H,4-12,14H2,1-3H3;11,13H,4-10,12H2,1-3H3. The van der Waals surface area contributed by atoms with E-state index in [0.29, 0.717) is 64.8 Å². The van der Waals surface area contributed by atoms with E-state index in [1.165, 1.54) is 0 Å². The monoisotopic (exact) mass is 574 g/mol. The summed E-state index contributed by atoms with van der Waals surface area (Å²) in [6.07, 6.45) is 3.01. The molecule has 7 N–H and O–H groups in total. The van der Waals surface area contributed by atoms with Crippen molar-refractivity contribution in [3.8, 4) is 0 Å². The highest BCUT2D eigenvalue weighted by molar-refractivity contribution is 6.61. The van der Waals surface area contributed by atoms with E-state index >= 15 is 0 Å². The molecule has 37 heavy (non-hydrogen) atoms. The fourth-order valence-electron chi connectivity index (χ4n) is 3.75. The topological polar surface area (TPSA) is 168 Å². The number of nitrogens with two attached hydrogens (primary N) is 2. The maximum Gasteiger partial charge on any atom is 0.501 e. The van der Waals surface area contributed by atoms with Gasteiger partial charge >= 0.3 is 17.6 Å². The van der Waals surface area contributed by atoms with Gasteiger partial charge in [-0.25, -0.2) is 0 Å². The Kier molecular flexibility index (Phi) is 25.2. The van der Waals surface area contributed by atoms with Crippen molar-refractivity contribution < 1.29 is 41.9 Å². The molecule has 13 heteroatoms. The third-order valence-electron chi connectivity index (χ3n) is 5.43. The average molecular weight is 575 g/mol. The summed E-state index contributed by atoms with van der Waals surface area (Å²) in [6, 6.07) is 1.39. The minimum Gasteiger partial charge on any atom is -0.396 e. The predicted molar refractivity (Wildman–Crippen MR) is 150 cm³/mol. The Balaban J connectivity index is 0. The van der Waals surface area contributed by atoms with Crippen molar-refractivity contribution >= 4 is 17.6 Å². The lowest BCUT2D eigenvalue weighted by Crippen LogP contribution is -2.53. The van der Waals surface area contributed by atoms with Crippen LogP contribution in [-0.2, 0) is 26.6 Å². The largest absolute Gasteiger partial charge is 0.501 e. The minimum atomic E-state index is -2.83. The first kappa shape index (κ1) is 39.1. The van der Waals surface area contributed by atoms with E-state index in [2.05, 4.69) is 0 Å². The van der Waals surface area contributed by atoms with Crippen LogP contribution >= 0.6 is 0 Å². The Bertz CT molecular complexity index is 493. The second-order valence-electron chi connectivity index (χ2n) is 8.82. The predicted octanol–water partition coefficient (Wildman–Crippen LogP) is 2.02. The van der Waals surface area contributed by atoms with Crippen LogP contribution in [0, 0.1) is 0 Å². The van der Waals surface area contributed by atoms with E-state index in [1.807, 2.05) is 41.5 Å². The number of aliphatic hydroxyl groups excluding tert-OH is 3. The normalized spacial score (nSPS) is 13.4. The molecule has 0 rings (SSSR count). The van der Waals surface area contributed by atoms with Crippen LogP contribution in [-0.4, -0.2) is 104 Å². The third kappa shape index (κ3) is 18.1. The molecule has 0 fully saturated rings. The molecule has 1 unspecified atom stereocenters. The maximum atomic E-state index is 9.21. The molecule has 0 aromatic carbocycles. The Morgan fingerprint density at radius 3 is 1.46 bits per heavy atom. The average Bonchev–Trinajstić information content (AvgIpc) is 2.83. The molecule has 0 aromatic rings. The van der Waals surface area contributed by atoms with Crippen molar-refractivity contribution in [1.82, 2.24) is 0 Å². The van der Waals surface area contributed by atoms with Crippen molar-refractivity contribution in [2.24, 2.45) is 11.5 Å². The van der Waals surface area contributed by atoms with Crippen LogP contribution in [0.2, 0.25) is 12.1 Å². The Labute approximate surface area is 227 Å². The summed E-state index contributed by atoms with van der Waals surface area (Å²) in [6.45, 7) is 14.9. The van der Waals surface area contributed by atoms with E-state index in [1.54, 1.807) is 0 Å². The van der Waals surface area contributed by atoms with Gasteiger partial charge in [-0.3, -0.25) is 0 Å². The fraction of sp³-hybridized carbons (Fsp3) is 1.00. The summed E-state index contributed by atoms with van der Waals surface area (Å²) in [4.78, 5) is 0. The molecule has 0 heterocycles. The summed E-state index contributed by atoms with van der Waals surface area (Å²) >= 11 is 0. The molecule has 0 radical (unpaired) electrons. The van der Waals surface area contributed by atoms with Gasteiger partial charge in [-0.2, -0.15) is 0 Å². The zero-order valence-corrected chi connectivity index (χ0v) is 26.3. The highest BCUT2D eigenvalue weighted by atomic mass is 28.4. The first-order chi connectivity index (χ1) is 17.6. The first-order valence-corrected chi connectivity index (χ1v) is 17.7. The molecule has 11 nitrogen and oxygen atoms in total. The summed E-state index contributed by atoms with van der Waals surface area (Å²) in [5, 5.41) is 27.3. The molecular formula is C24H58N2O9Si2. The fourth-order valence-corrected chi connectivity index (χ4v) is 9.69. The van der Waals surface area contributed by atoms with Gasteiger partial charge in [0.25, 0.3) is 0 Å². The summed E-state index contributed by atoms with van der Waals surface area (Å²) < 4.78 is 35.3. The van der Waals surface area contributed by atoms with Gasteiger partial charge in [0, 0.05) is 64.4 Å². The molecule has 226 valence electrons. The smallest absolute Gasteiger partial charge is 0.396 e. The second-order valence-corrected chi connectivity index (χ2v) is 14.1. The number of rotatable bonds is 24. The van der Waals surface area contributed by atoms with Crippen molar-refractivity contribution in [2.45, 2.75) is 97.4 Å². The van der Waals surface area contributed by atoms with Crippen molar-refractivity contribution in [3.63, 3.8) is 0 Å². The van der Waals surface area contributed by atoms with Crippen LogP contribution in [0.4, 0.5) is 0 Å². The van der Waals surface area contributed by atoms with Gasteiger partial charge in [-0.05, 0) is 86.7 Å². The lowest BCUT2D eigenvalue weighted by atomic mass is 9.99. The van der Waals surface area contributed by atoms with Crippen molar-refractivity contribution in [3.05, 3.63) is 0 Å². The Morgan fingerprint density at radius 1 is 0.703 bits per heavy atom. The van der Waals surface area contributed by atoms with Crippen LogP contribution < -0.4 is 11.5 Å². The molecule has 0 saturated heterocycles. The summed E-state index contributed by atoms with van der Waals surface area (Å²) in [5.41, 5.74) is 10.5. The molecule has 0 spiro atoms. The molecule has 0 aliphatic carbocycles. The maximum absolute atomic E-state index is 9.21. The summed E-state index contributed by atoms with van der Waals surface area (Å²) in [5.74, 6) is 0. The SMILES string of the molecule is CCO[Si](CCCN)(OCC)OC(C)(CCO)CCO.CCO[Si](CCCN)(OCC)OC(C)CCO. The molecule has 0 aliphatic heterocycles. The van der Waals surface area contributed by atoms with Gasteiger partial charge in [0.2, 0.25) is 0 Å².